The normalized spacial score (nSPS) is 50.6. The Balaban J connectivity index is 1.68. The summed E-state index contributed by atoms with van der Waals surface area (Å²) in [5, 5.41) is 9.67. The van der Waals surface area contributed by atoms with Crippen molar-refractivity contribution >= 4 is 11.6 Å². The Labute approximate surface area is 197 Å². The molecule has 3 unspecified atom stereocenters. The van der Waals surface area contributed by atoms with E-state index in [9.17, 15) is 14.9 Å². The third-order valence-corrected chi connectivity index (χ3v) is 11.4. The molecule has 4 heteroatoms. The van der Waals surface area contributed by atoms with Gasteiger partial charge in [-0.1, -0.05) is 53.2 Å². The number of alkyl halides is 1. The fourth-order valence-electron chi connectivity index (χ4n) is 9.19. The molecule has 0 N–H and O–H groups in total. The Morgan fingerprint density at radius 1 is 1.00 bits per heavy atom. The number of rotatable bonds is 0. The number of fused-ring (bicyclic) bond motifs is 7. The van der Waals surface area contributed by atoms with Crippen LogP contribution in [0.2, 0.25) is 0 Å². The monoisotopic (exact) mass is 451 g/mol. The first-order valence-corrected chi connectivity index (χ1v) is 12.9. The number of hydrogen-bond donors (Lipinski definition) is 0. The van der Waals surface area contributed by atoms with Crippen molar-refractivity contribution in [2.75, 3.05) is 0 Å². The number of carbonyl (C=O) groups excluding carboxylic acids is 2. The first kappa shape index (κ1) is 23.0. The molecule has 0 aromatic carbocycles. The molecular formula is C29H38FNO2. The summed E-state index contributed by atoms with van der Waals surface area (Å²) < 4.78 is 16.3. The first-order valence-electron chi connectivity index (χ1n) is 12.9. The number of allylic oxidation sites excluding steroid dienone is 4. The fraction of sp³-hybridized carbons (Fsp3) is 0.759. The van der Waals surface area contributed by atoms with Crippen LogP contribution in [0.4, 0.5) is 4.39 Å². The number of carbonyl (C=O) groups is 2. The van der Waals surface area contributed by atoms with Crippen molar-refractivity contribution in [1.82, 2.24) is 0 Å². The second kappa shape index (κ2) is 6.67. The summed E-state index contributed by atoms with van der Waals surface area (Å²) >= 11 is 0. The topological polar surface area (TPSA) is 57.9 Å². The standard InChI is InChI=1S/C29H38FNO2/c1-17-19-7-8-27(5)22(26(19,4)14-18(16-31)24(17)33)13-21(32)23-20-15-25(2,3)9-11-29(20,30)12-10-28(23,27)6/h13-14,17,19-20,23H,7-12,15H2,1-6H3/t17-,19?,20?,23?,26-,27+,28+,29-/m0/s1. The lowest BCUT2D eigenvalue weighted by Gasteiger charge is -2.67. The number of hydrogen-bond acceptors (Lipinski definition) is 3. The van der Waals surface area contributed by atoms with E-state index < -0.39 is 11.1 Å². The maximum atomic E-state index is 16.3. The molecule has 0 amide bonds. The van der Waals surface area contributed by atoms with E-state index in [4.69, 9.17) is 0 Å². The Bertz CT molecular complexity index is 1050. The molecule has 3 saturated carbocycles. The van der Waals surface area contributed by atoms with Gasteiger partial charge in [-0.3, -0.25) is 9.59 Å². The van der Waals surface area contributed by atoms with E-state index in [0.717, 1.165) is 31.3 Å². The average molecular weight is 452 g/mol. The average Bonchev–Trinajstić information content (AvgIpc) is 2.74. The molecule has 3 nitrogen and oxygen atoms in total. The summed E-state index contributed by atoms with van der Waals surface area (Å²) in [4.78, 5) is 26.7. The van der Waals surface area contributed by atoms with Crippen molar-refractivity contribution < 1.29 is 14.0 Å². The minimum atomic E-state index is -1.24. The van der Waals surface area contributed by atoms with Crippen LogP contribution in [-0.4, -0.2) is 17.2 Å². The van der Waals surface area contributed by atoms with Gasteiger partial charge in [-0.25, -0.2) is 4.39 Å². The highest BCUT2D eigenvalue weighted by molar-refractivity contribution is 6.02. The van der Waals surface area contributed by atoms with Crippen LogP contribution in [-0.2, 0) is 9.59 Å². The zero-order valence-corrected chi connectivity index (χ0v) is 21.1. The summed E-state index contributed by atoms with van der Waals surface area (Å²) in [5.74, 6) is -0.666. The van der Waals surface area contributed by atoms with Gasteiger partial charge in [0.2, 0.25) is 0 Å². The summed E-state index contributed by atoms with van der Waals surface area (Å²) in [6.45, 7) is 13.0. The van der Waals surface area contributed by atoms with Crippen LogP contribution in [0.3, 0.4) is 0 Å². The molecule has 5 rings (SSSR count). The molecule has 0 saturated heterocycles. The van der Waals surface area contributed by atoms with E-state index in [2.05, 4.69) is 40.7 Å². The summed E-state index contributed by atoms with van der Waals surface area (Å²) in [7, 11) is 0. The Hall–Kier alpha value is -1.76. The maximum Gasteiger partial charge on any atom is 0.176 e. The van der Waals surface area contributed by atoms with E-state index in [1.165, 1.54) is 0 Å². The largest absolute Gasteiger partial charge is 0.295 e. The highest BCUT2D eigenvalue weighted by atomic mass is 19.1. The van der Waals surface area contributed by atoms with E-state index >= 15 is 4.39 Å². The molecule has 5 aliphatic carbocycles. The van der Waals surface area contributed by atoms with Crippen molar-refractivity contribution in [3.63, 3.8) is 0 Å². The van der Waals surface area contributed by atoms with Gasteiger partial charge in [0, 0.05) is 23.2 Å². The molecule has 0 radical (unpaired) electrons. The molecule has 178 valence electrons. The molecule has 0 aliphatic heterocycles. The van der Waals surface area contributed by atoms with Gasteiger partial charge in [-0.2, -0.15) is 5.26 Å². The number of nitrogens with zero attached hydrogens (tertiary/aromatic N) is 1. The number of Topliss-reactive ketones (excluding diaryl/α,β-unsaturated/α-hetero) is 1. The van der Waals surface area contributed by atoms with E-state index in [0.29, 0.717) is 19.3 Å². The predicted molar refractivity (Wildman–Crippen MR) is 126 cm³/mol. The molecule has 0 heterocycles. The van der Waals surface area contributed by atoms with Crippen LogP contribution >= 0.6 is 0 Å². The van der Waals surface area contributed by atoms with Crippen LogP contribution < -0.4 is 0 Å². The van der Waals surface area contributed by atoms with Gasteiger partial charge in [0.15, 0.2) is 11.6 Å². The van der Waals surface area contributed by atoms with E-state index in [1.54, 1.807) is 0 Å². The number of halogens is 1. The molecule has 33 heavy (non-hydrogen) atoms. The molecule has 5 aliphatic rings. The number of nitriles is 1. The van der Waals surface area contributed by atoms with Gasteiger partial charge < -0.3 is 0 Å². The van der Waals surface area contributed by atoms with Crippen LogP contribution in [0.5, 0.6) is 0 Å². The molecule has 0 aromatic rings. The SMILES string of the molecule is C[C@@H]1C(=O)C(C#N)=C[C@]2(C)C3=CC(=O)C4C5CC(C)(C)CC[C@]5(F)CC[C@@]4(C)[C@]3(C)CCC12. The summed E-state index contributed by atoms with van der Waals surface area (Å²) in [6.07, 6.45) is 8.96. The molecule has 0 bridgehead atoms. The van der Waals surface area contributed by atoms with Crippen LogP contribution in [0.1, 0.15) is 86.5 Å². The fourth-order valence-corrected chi connectivity index (χ4v) is 9.19. The van der Waals surface area contributed by atoms with Crippen molar-refractivity contribution in [1.29, 1.82) is 5.26 Å². The van der Waals surface area contributed by atoms with Gasteiger partial charge in [-0.15, -0.1) is 0 Å². The minimum Gasteiger partial charge on any atom is -0.295 e. The number of ketones is 2. The molecule has 8 atom stereocenters. The smallest absolute Gasteiger partial charge is 0.176 e. The molecule has 3 fully saturated rings. The van der Waals surface area contributed by atoms with Crippen molar-refractivity contribution in [2.24, 2.45) is 45.3 Å². The zero-order chi connectivity index (χ0) is 24.2. The van der Waals surface area contributed by atoms with Gasteiger partial charge in [0.1, 0.15) is 11.7 Å². The Morgan fingerprint density at radius 3 is 2.33 bits per heavy atom. The van der Waals surface area contributed by atoms with Gasteiger partial charge in [0.25, 0.3) is 0 Å². The second-order valence-corrected chi connectivity index (χ2v) is 13.4. The summed E-state index contributed by atoms with van der Waals surface area (Å²) in [6, 6.07) is 2.13. The molecule has 0 spiro atoms. The predicted octanol–water partition coefficient (Wildman–Crippen LogP) is 6.54. The van der Waals surface area contributed by atoms with Crippen molar-refractivity contribution in [2.45, 2.75) is 92.2 Å². The maximum absolute atomic E-state index is 16.3. The van der Waals surface area contributed by atoms with E-state index in [1.807, 2.05) is 19.1 Å². The van der Waals surface area contributed by atoms with Crippen molar-refractivity contribution in [3.05, 3.63) is 23.3 Å². The Morgan fingerprint density at radius 2 is 1.67 bits per heavy atom. The Kier molecular flexibility index (Phi) is 4.65. The highest BCUT2D eigenvalue weighted by Gasteiger charge is 2.69. The van der Waals surface area contributed by atoms with Gasteiger partial charge >= 0.3 is 0 Å². The lowest BCUT2D eigenvalue weighted by atomic mass is 9.36. The molecule has 0 aromatic heterocycles. The molecular weight excluding hydrogens is 413 g/mol. The van der Waals surface area contributed by atoms with Gasteiger partial charge in [-0.05, 0) is 73.2 Å². The quantitative estimate of drug-likeness (QED) is 0.420. The van der Waals surface area contributed by atoms with Crippen LogP contribution in [0.15, 0.2) is 23.3 Å². The van der Waals surface area contributed by atoms with E-state index in [-0.39, 0.29) is 57.1 Å². The third kappa shape index (κ3) is 2.77. The van der Waals surface area contributed by atoms with Crippen LogP contribution in [0, 0.1) is 56.7 Å². The van der Waals surface area contributed by atoms with Crippen LogP contribution in [0.25, 0.3) is 0 Å². The summed E-state index contributed by atoms with van der Waals surface area (Å²) in [5.41, 5.74) is -0.937. The first-order chi connectivity index (χ1) is 15.2. The highest BCUT2D eigenvalue weighted by Crippen LogP contribution is 2.72. The van der Waals surface area contributed by atoms with Gasteiger partial charge in [0.05, 0.1) is 5.57 Å². The second-order valence-electron chi connectivity index (χ2n) is 13.4. The third-order valence-electron chi connectivity index (χ3n) is 11.4. The lowest BCUT2D eigenvalue weighted by molar-refractivity contribution is -0.173. The lowest BCUT2D eigenvalue weighted by Crippen LogP contribution is -2.64. The minimum absolute atomic E-state index is 0.0525. The zero-order valence-electron chi connectivity index (χ0n) is 21.1. The van der Waals surface area contributed by atoms with Crippen molar-refractivity contribution in [3.8, 4) is 6.07 Å².